The summed E-state index contributed by atoms with van der Waals surface area (Å²) >= 11 is 0. The van der Waals surface area contributed by atoms with E-state index >= 15 is 0 Å². The van der Waals surface area contributed by atoms with Crippen LogP contribution in [0, 0.1) is 0 Å². The van der Waals surface area contributed by atoms with E-state index in [1.807, 2.05) is 47.0 Å². The third kappa shape index (κ3) is 2.37. The molecule has 0 aliphatic carbocycles. The molecule has 1 atom stereocenters. The van der Waals surface area contributed by atoms with Crippen molar-refractivity contribution in [1.29, 1.82) is 0 Å². The van der Waals surface area contributed by atoms with Crippen LogP contribution in [0.5, 0.6) is 0 Å². The summed E-state index contributed by atoms with van der Waals surface area (Å²) in [5, 5.41) is 0. The van der Waals surface area contributed by atoms with Crippen molar-refractivity contribution in [2.45, 2.75) is 25.3 Å². The maximum Gasteiger partial charge on any atom is 0.314 e. The lowest BCUT2D eigenvalue weighted by Gasteiger charge is -2.24. The second kappa shape index (κ2) is 5.56. The van der Waals surface area contributed by atoms with Crippen LogP contribution in [-0.4, -0.2) is 23.4 Å². The van der Waals surface area contributed by atoms with E-state index in [1.54, 1.807) is 0 Å². The first-order chi connectivity index (χ1) is 10.2. The fraction of sp³-hybridized carbons (Fsp3) is 0.294. The molecule has 0 saturated heterocycles. The van der Waals surface area contributed by atoms with Gasteiger partial charge in [0.2, 0.25) is 5.78 Å². The number of esters is 1. The van der Waals surface area contributed by atoms with E-state index in [2.05, 4.69) is 0 Å². The third-order valence-corrected chi connectivity index (χ3v) is 4.00. The van der Waals surface area contributed by atoms with Crippen molar-refractivity contribution in [2.24, 2.45) is 0 Å². The van der Waals surface area contributed by atoms with Crippen LogP contribution >= 0.6 is 0 Å². The first-order valence-electron chi connectivity index (χ1n) is 7.09. The van der Waals surface area contributed by atoms with E-state index in [0.717, 1.165) is 25.1 Å². The van der Waals surface area contributed by atoms with Crippen molar-refractivity contribution in [2.75, 3.05) is 7.11 Å². The van der Waals surface area contributed by atoms with Gasteiger partial charge in [0.15, 0.2) is 0 Å². The van der Waals surface area contributed by atoms with Crippen molar-refractivity contribution in [3.05, 3.63) is 59.4 Å². The highest BCUT2D eigenvalue weighted by atomic mass is 16.5. The zero-order chi connectivity index (χ0) is 14.8. The Bertz CT molecular complexity index is 673. The van der Waals surface area contributed by atoms with Crippen LogP contribution in [-0.2, 0) is 16.1 Å². The third-order valence-electron chi connectivity index (χ3n) is 4.00. The van der Waals surface area contributed by atoms with Crippen LogP contribution in [0.1, 0.15) is 40.5 Å². The molecule has 3 rings (SSSR count). The van der Waals surface area contributed by atoms with Gasteiger partial charge in [0.1, 0.15) is 0 Å². The molecule has 2 aromatic rings. The first kappa shape index (κ1) is 13.6. The quantitative estimate of drug-likeness (QED) is 0.643. The minimum Gasteiger partial charge on any atom is -0.469 e. The van der Waals surface area contributed by atoms with Gasteiger partial charge in [-0.15, -0.1) is 0 Å². The number of hydrogen-bond acceptors (Lipinski definition) is 3. The lowest BCUT2D eigenvalue weighted by Crippen LogP contribution is -2.24. The van der Waals surface area contributed by atoms with Crippen molar-refractivity contribution in [3.63, 3.8) is 0 Å². The Kier molecular flexibility index (Phi) is 3.60. The molecule has 1 aliphatic heterocycles. The van der Waals surface area contributed by atoms with Crippen LogP contribution in [0.15, 0.2) is 42.5 Å². The van der Waals surface area contributed by atoms with Gasteiger partial charge in [0.05, 0.1) is 18.7 Å². The smallest absolute Gasteiger partial charge is 0.314 e. The summed E-state index contributed by atoms with van der Waals surface area (Å²) in [5.41, 5.74) is 2.19. The molecule has 0 saturated carbocycles. The van der Waals surface area contributed by atoms with Gasteiger partial charge in [-0.25, -0.2) is 0 Å². The van der Waals surface area contributed by atoms with Crippen LogP contribution in [0.2, 0.25) is 0 Å². The zero-order valence-corrected chi connectivity index (χ0v) is 11.9. The number of aromatic nitrogens is 1. The topological polar surface area (TPSA) is 48.3 Å². The van der Waals surface area contributed by atoms with Crippen LogP contribution in [0.3, 0.4) is 0 Å². The Morgan fingerprint density at radius 3 is 2.62 bits per heavy atom. The Hall–Kier alpha value is -2.36. The molecule has 0 radical (unpaired) electrons. The van der Waals surface area contributed by atoms with Crippen molar-refractivity contribution in [1.82, 2.24) is 4.57 Å². The average Bonchev–Trinajstić information content (AvgIpc) is 2.98. The molecule has 1 aliphatic rings. The number of carbonyl (C=O) groups is 2. The number of ketones is 1. The van der Waals surface area contributed by atoms with E-state index in [1.165, 1.54) is 7.11 Å². The maximum atomic E-state index is 12.6. The van der Waals surface area contributed by atoms with Gasteiger partial charge >= 0.3 is 5.97 Å². The molecule has 1 unspecified atom stereocenters. The second-order valence-electron chi connectivity index (χ2n) is 5.21. The minimum absolute atomic E-state index is 0.00707. The number of ether oxygens (including phenoxy) is 1. The van der Waals surface area contributed by atoms with Crippen LogP contribution in [0.4, 0.5) is 0 Å². The predicted molar refractivity (Wildman–Crippen MR) is 78.3 cm³/mol. The number of fused-ring (bicyclic) bond motifs is 1. The highest BCUT2D eigenvalue weighted by molar-refractivity contribution is 6.08. The summed E-state index contributed by atoms with van der Waals surface area (Å²) < 4.78 is 6.82. The van der Waals surface area contributed by atoms with Crippen LogP contribution < -0.4 is 0 Å². The minimum atomic E-state index is -0.263. The summed E-state index contributed by atoms with van der Waals surface area (Å²) in [7, 11) is 1.40. The number of carbonyl (C=O) groups excluding carboxylic acids is 2. The summed E-state index contributed by atoms with van der Waals surface area (Å²) in [5.74, 6) is -0.499. The molecule has 21 heavy (non-hydrogen) atoms. The second-order valence-corrected chi connectivity index (χ2v) is 5.21. The van der Waals surface area contributed by atoms with Gasteiger partial charge in [0, 0.05) is 17.8 Å². The summed E-state index contributed by atoms with van der Waals surface area (Å²) in [6.45, 7) is 0.768. The largest absolute Gasteiger partial charge is 0.469 e. The number of nitrogens with zero attached hydrogens (tertiary/aromatic N) is 1. The lowest BCUT2D eigenvalue weighted by molar-refractivity contribution is -0.143. The van der Waals surface area contributed by atoms with Gasteiger partial charge < -0.3 is 9.30 Å². The molecular weight excluding hydrogens is 266 g/mol. The average molecular weight is 283 g/mol. The van der Waals surface area contributed by atoms with Gasteiger partial charge in [-0.05, 0) is 25.0 Å². The standard InChI is InChI=1S/C17H17NO3/c1-21-17(20)13-8-5-11-18-14(13)9-10-15(18)16(19)12-6-3-2-4-7-12/h2-4,6-7,9-10,13H,5,8,11H2,1H3. The highest BCUT2D eigenvalue weighted by Gasteiger charge is 2.30. The highest BCUT2D eigenvalue weighted by Crippen LogP contribution is 2.31. The fourth-order valence-electron chi connectivity index (χ4n) is 2.96. The van der Waals surface area contributed by atoms with E-state index in [9.17, 15) is 9.59 Å². The summed E-state index contributed by atoms with van der Waals surface area (Å²) in [4.78, 5) is 24.4. The molecule has 0 spiro atoms. The van der Waals surface area contributed by atoms with Crippen molar-refractivity contribution < 1.29 is 14.3 Å². The molecular formula is C17H17NO3. The molecule has 1 aromatic carbocycles. The maximum absolute atomic E-state index is 12.6. The number of rotatable bonds is 3. The van der Waals surface area contributed by atoms with Gasteiger partial charge in [-0.2, -0.15) is 0 Å². The molecule has 4 heteroatoms. The molecule has 0 fully saturated rings. The number of hydrogen-bond donors (Lipinski definition) is 0. The Balaban J connectivity index is 1.98. The van der Waals surface area contributed by atoms with E-state index in [-0.39, 0.29) is 17.7 Å². The molecule has 2 heterocycles. The van der Waals surface area contributed by atoms with E-state index in [4.69, 9.17) is 4.74 Å². The molecule has 108 valence electrons. The zero-order valence-electron chi connectivity index (χ0n) is 11.9. The van der Waals surface area contributed by atoms with Crippen molar-refractivity contribution in [3.8, 4) is 0 Å². The molecule has 4 nitrogen and oxygen atoms in total. The fourth-order valence-corrected chi connectivity index (χ4v) is 2.96. The molecule has 0 N–H and O–H groups in total. The predicted octanol–water partition coefficient (Wildman–Crippen LogP) is 2.77. The molecule has 0 amide bonds. The van der Waals surface area contributed by atoms with Crippen LogP contribution in [0.25, 0.3) is 0 Å². The van der Waals surface area contributed by atoms with Crippen molar-refractivity contribution >= 4 is 11.8 Å². The Morgan fingerprint density at radius 2 is 1.90 bits per heavy atom. The van der Waals surface area contributed by atoms with E-state index in [0.29, 0.717) is 11.3 Å². The Morgan fingerprint density at radius 1 is 1.14 bits per heavy atom. The van der Waals surface area contributed by atoms with Gasteiger partial charge in [0.25, 0.3) is 0 Å². The normalized spacial score (nSPS) is 17.1. The summed E-state index contributed by atoms with van der Waals surface area (Å²) in [6, 6.07) is 12.9. The lowest BCUT2D eigenvalue weighted by atomic mass is 9.96. The van der Waals surface area contributed by atoms with E-state index < -0.39 is 0 Å². The number of methoxy groups -OCH3 is 1. The SMILES string of the molecule is COC(=O)C1CCCn2c(C(=O)c3ccccc3)ccc21. The van der Waals surface area contributed by atoms with Gasteiger partial charge in [-0.3, -0.25) is 9.59 Å². The monoisotopic (exact) mass is 283 g/mol. The molecule has 0 bridgehead atoms. The number of benzene rings is 1. The Labute approximate surface area is 123 Å². The first-order valence-corrected chi connectivity index (χ1v) is 7.09. The molecule has 1 aromatic heterocycles. The van der Waals surface area contributed by atoms with Gasteiger partial charge in [-0.1, -0.05) is 30.3 Å². The summed E-state index contributed by atoms with van der Waals surface area (Å²) in [6.07, 6.45) is 1.65.